The second-order valence-corrected chi connectivity index (χ2v) is 6.04. The average Bonchev–Trinajstić information content (AvgIpc) is 2.68. The highest BCUT2D eigenvalue weighted by Crippen LogP contribution is 2.35. The van der Waals surface area contributed by atoms with E-state index in [1.807, 2.05) is 11.7 Å². The molecule has 3 rings (SSSR count). The molecule has 1 aliphatic carbocycles. The van der Waals surface area contributed by atoms with Crippen molar-refractivity contribution in [2.45, 2.75) is 44.6 Å². The summed E-state index contributed by atoms with van der Waals surface area (Å²) in [6, 6.07) is 8.96. The van der Waals surface area contributed by atoms with Crippen LogP contribution in [0, 0.1) is 5.92 Å². The van der Waals surface area contributed by atoms with Crippen LogP contribution in [0.3, 0.4) is 0 Å². The van der Waals surface area contributed by atoms with E-state index >= 15 is 0 Å². The van der Waals surface area contributed by atoms with Gasteiger partial charge in [0.15, 0.2) is 0 Å². The van der Waals surface area contributed by atoms with Crippen LogP contribution in [0.25, 0.3) is 10.9 Å². The van der Waals surface area contributed by atoms with Crippen molar-refractivity contribution in [3.05, 3.63) is 30.0 Å². The first-order chi connectivity index (χ1) is 9.81. The standard InChI is InChI=1S/C17H25N3/c1-18-16(13-9-5-3-4-6-10-13)17-14-11-7-8-12-15(14)20(2)19-17/h7-8,11-13,16,18H,3-6,9-10H2,1-2H3. The predicted octanol–water partition coefficient (Wildman–Crippen LogP) is 3.80. The molecule has 0 bridgehead atoms. The Labute approximate surface area is 121 Å². The summed E-state index contributed by atoms with van der Waals surface area (Å²) in [5.74, 6) is 0.723. The zero-order valence-corrected chi connectivity index (χ0v) is 12.6. The van der Waals surface area contributed by atoms with Crippen molar-refractivity contribution in [3.63, 3.8) is 0 Å². The van der Waals surface area contributed by atoms with Crippen molar-refractivity contribution in [1.82, 2.24) is 15.1 Å². The lowest BCUT2D eigenvalue weighted by molar-refractivity contribution is 0.336. The fourth-order valence-electron chi connectivity index (χ4n) is 3.71. The minimum atomic E-state index is 0.388. The van der Waals surface area contributed by atoms with Gasteiger partial charge in [0, 0.05) is 12.4 Å². The van der Waals surface area contributed by atoms with Gasteiger partial charge < -0.3 is 5.32 Å². The lowest BCUT2D eigenvalue weighted by Crippen LogP contribution is -2.25. The molecule has 1 unspecified atom stereocenters. The largest absolute Gasteiger partial charge is 0.311 e. The van der Waals surface area contributed by atoms with Crippen molar-refractivity contribution in [1.29, 1.82) is 0 Å². The van der Waals surface area contributed by atoms with Gasteiger partial charge in [-0.3, -0.25) is 4.68 Å². The van der Waals surface area contributed by atoms with E-state index in [1.165, 1.54) is 55.1 Å². The molecule has 0 aliphatic heterocycles. The van der Waals surface area contributed by atoms with E-state index in [4.69, 9.17) is 5.10 Å². The molecule has 1 saturated carbocycles. The van der Waals surface area contributed by atoms with Gasteiger partial charge in [0.1, 0.15) is 0 Å². The predicted molar refractivity (Wildman–Crippen MR) is 83.7 cm³/mol. The van der Waals surface area contributed by atoms with E-state index in [0.29, 0.717) is 6.04 Å². The Kier molecular flexibility index (Phi) is 4.06. The third-order valence-electron chi connectivity index (χ3n) is 4.76. The van der Waals surface area contributed by atoms with E-state index in [2.05, 4.69) is 36.6 Å². The molecule has 1 fully saturated rings. The molecule has 1 N–H and O–H groups in total. The summed E-state index contributed by atoms with van der Waals surface area (Å²) in [5.41, 5.74) is 2.47. The van der Waals surface area contributed by atoms with Crippen LogP contribution >= 0.6 is 0 Å². The topological polar surface area (TPSA) is 29.9 Å². The van der Waals surface area contributed by atoms with Crippen molar-refractivity contribution in [2.75, 3.05) is 7.05 Å². The summed E-state index contributed by atoms with van der Waals surface area (Å²) < 4.78 is 2.02. The summed E-state index contributed by atoms with van der Waals surface area (Å²) >= 11 is 0. The number of aryl methyl sites for hydroxylation is 1. The van der Waals surface area contributed by atoms with Crippen molar-refractivity contribution >= 4 is 10.9 Å². The highest BCUT2D eigenvalue weighted by molar-refractivity contribution is 5.82. The van der Waals surface area contributed by atoms with Gasteiger partial charge in [-0.05, 0) is 31.9 Å². The maximum absolute atomic E-state index is 4.82. The second-order valence-electron chi connectivity index (χ2n) is 6.04. The molecule has 0 saturated heterocycles. The summed E-state index contributed by atoms with van der Waals surface area (Å²) in [5, 5.41) is 9.67. The number of fused-ring (bicyclic) bond motifs is 1. The van der Waals surface area contributed by atoms with Crippen LogP contribution in [0.5, 0.6) is 0 Å². The van der Waals surface area contributed by atoms with Crippen molar-refractivity contribution in [3.8, 4) is 0 Å². The summed E-state index contributed by atoms with van der Waals surface area (Å²) in [4.78, 5) is 0. The monoisotopic (exact) mass is 271 g/mol. The van der Waals surface area contributed by atoms with Gasteiger partial charge in [0.2, 0.25) is 0 Å². The fourth-order valence-corrected chi connectivity index (χ4v) is 3.71. The fraction of sp³-hybridized carbons (Fsp3) is 0.588. The Morgan fingerprint density at radius 3 is 2.55 bits per heavy atom. The molecule has 1 atom stereocenters. The Morgan fingerprint density at radius 2 is 1.85 bits per heavy atom. The van der Waals surface area contributed by atoms with Crippen LogP contribution in [0.1, 0.15) is 50.3 Å². The van der Waals surface area contributed by atoms with Crippen molar-refractivity contribution in [2.24, 2.45) is 13.0 Å². The zero-order chi connectivity index (χ0) is 13.9. The van der Waals surface area contributed by atoms with E-state index < -0.39 is 0 Å². The molecule has 0 amide bonds. The maximum Gasteiger partial charge on any atom is 0.0875 e. The van der Waals surface area contributed by atoms with Crippen LogP contribution in [0.4, 0.5) is 0 Å². The molecule has 3 nitrogen and oxygen atoms in total. The first kappa shape index (κ1) is 13.6. The van der Waals surface area contributed by atoms with Crippen LogP contribution < -0.4 is 5.32 Å². The number of benzene rings is 1. The quantitative estimate of drug-likeness (QED) is 0.860. The SMILES string of the molecule is CNC(c1nn(C)c2ccccc12)C1CCCCCC1. The summed E-state index contributed by atoms with van der Waals surface area (Å²) in [7, 11) is 4.13. The lowest BCUT2D eigenvalue weighted by atomic mass is 9.89. The molecule has 1 aromatic heterocycles. The molecular formula is C17H25N3. The maximum atomic E-state index is 4.82. The lowest BCUT2D eigenvalue weighted by Gasteiger charge is -2.24. The third kappa shape index (κ3) is 2.47. The van der Waals surface area contributed by atoms with Gasteiger partial charge in [-0.2, -0.15) is 5.10 Å². The summed E-state index contributed by atoms with van der Waals surface area (Å²) in [6.07, 6.45) is 8.19. The number of nitrogens with one attached hydrogen (secondary N) is 1. The van der Waals surface area contributed by atoms with Crippen LogP contribution in [-0.2, 0) is 7.05 Å². The number of hydrogen-bond donors (Lipinski definition) is 1. The van der Waals surface area contributed by atoms with Gasteiger partial charge in [0.25, 0.3) is 0 Å². The number of nitrogens with zero attached hydrogens (tertiary/aromatic N) is 2. The minimum absolute atomic E-state index is 0.388. The molecule has 1 aliphatic rings. The van der Waals surface area contributed by atoms with E-state index in [9.17, 15) is 0 Å². The molecule has 1 aromatic carbocycles. The molecule has 3 heteroatoms. The van der Waals surface area contributed by atoms with Gasteiger partial charge in [-0.25, -0.2) is 0 Å². The van der Waals surface area contributed by atoms with Gasteiger partial charge in [-0.1, -0.05) is 43.9 Å². The number of aromatic nitrogens is 2. The highest BCUT2D eigenvalue weighted by Gasteiger charge is 2.26. The molecule has 0 radical (unpaired) electrons. The van der Waals surface area contributed by atoms with E-state index in [-0.39, 0.29) is 0 Å². The molecule has 0 spiro atoms. The van der Waals surface area contributed by atoms with E-state index in [0.717, 1.165) is 5.92 Å². The molecule has 1 heterocycles. The molecular weight excluding hydrogens is 246 g/mol. The van der Waals surface area contributed by atoms with Crippen molar-refractivity contribution < 1.29 is 0 Å². The number of rotatable bonds is 3. The number of para-hydroxylation sites is 1. The van der Waals surface area contributed by atoms with Crippen LogP contribution in [0.15, 0.2) is 24.3 Å². The summed E-state index contributed by atoms with van der Waals surface area (Å²) in [6.45, 7) is 0. The second kappa shape index (κ2) is 5.96. The number of hydrogen-bond acceptors (Lipinski definition) is 2. The molecule has 20 heavy (non-hydrogen) atoms. The van der Waals surface area contributed by atoms with E-state index in [1.54, 1.807) is 0 Å². The third-order valence-corrected chi connectivity index (χ3v) is 4.76. The van der Waals surface area contributed by atoms with Gasteiger partial charge in [0.05, 0.1) is 17.3 Å². The smallest absolute Gasteiger partial charge is 0.0875 e. The normalized spacial score (nSPS) is 19.1. The average molecular weight is 271 g/mol. The Morgan fingerprint density at radius 1 is 1.15 bits per heavy atom. The zero-order valence-electron chi connectivity index (χ0n) is 12.6. The van der Waals surface area contributed by atoms with Gasteiger partial charge >= 0.3 is 0 Å². The molecule has 2 aromatic rings. The minimum Gasteiger partial charge on any atom is -0.311 e. The Hall–Kier alpha value is -1.35. The first-order valence-corrected chi connectivity index (χ1v) is 7.90. The van der Waals surface area contributed by atoms with Crippen LogP contribution in [0.2, 0.25) is 0 Å². The molecule has 108 valence electrons. The van der Waals surface area contributed by atoms with Crippen LogP contribution in [-0.4, -0.2) is 16.8 Å². The Balaban J connectivity index is 1.98. The van der Waals surface area contributed by atoms with Gasteiger partial charge in [-0.15, -0.1) is 0 Å². The highest BCUT2D eigenvalue weighted by atomic mass is 15.3. The Bertz CT molecular complexity index is 565. The first-order valence-electron chi connectivity index (χ1n) is 7.90.